The van der Waals surface area contributed by atoms with Crippen LogP contribution in [0.3, 0.4) is 0 Å². The molecule has 29 heavy (non-hydrogen) atoms. The van der Waals surface area contributed by atoms with E-state index in [-0.39, 0.29) is 11.5 Å². The van der Waals surface area contributed by atoms with Crippen LogP contribution in [0.1, 0.15) is 57.9 Å². The van der Waals surface area contributed by atoms with Gasteiger partial charge in [-0.25, -0.2) is 9.97 Å². The van der Waals surface area contributed by atoms with Crippen LogP contribution in [0.4, 0.5) is 5.95 Å². The molecule has 1 aromatic heterocycles. The summed E-state index contributed by atoms with van der Waals surface area (Å²) < 4.78 is 6.46. The summed E-state index contributed by atoms with van der Waals surface area (Å²) in [5.74, 6) is 1.35. The highest BCUT2D eigenvalue weighted by Crippen LogP contribution is 2.67. The Hall–Kier alpha value is -1.95. The fourth-order valence-electron chi connectivity index (χ4n) is 6.82. The van der Waals surface area contributed by atoms with Gasteiger partial charge in [-0.05, 0) is 61.3 Å². The second-order valence-corrected chi connectivity index (χ2v) is 10.5. The molecule has 1 heterocycles. The van der Waals surface area contributed by atoms with Gasteiger partial charge in [-0.2, -0.15) is 0 Å². The highest BCUT2D eigenvalue weighted by molar-refractivity contribution is 5.91. The van der Waals surface area contributed by atoms with Gasteiger partial charge in [0.2, 0.25) is 11.9 Å². The average Bonchev–Trinajstić information content (AvgIpc) is 2.61. The first-order valence-electron chi connectivity index (χ1n) is 10.8. The van der Waals surface area contributed by atoms with Crippen molar-refractivity contribution in [2.24, 2.45) is 16.7 Å². The first kappa shape index (κ1) is 20.3. The molecular formula is C23H34N4O2. The van der Waals surface area contributed by atoms with Gasteiger partial charge in [-0.1, -0.05) is 13.8 Å². The van der Waals surface area contributed by atoms with Crippen molar-refractivity contribution in [3.8, 4) is 0 Å². The lowest BCUT2D eigenvalue weighted by molar-refractivity contribution is -0.213. The summed E-state index contributed by atoms with van der Waals surface area (Å²) in [4.78, 5) is 22.4. The summed E-state index contributed by atoms with van der Waals surface area (Å²) >= 11 is 0. The zero-order valence-electron chi connectivity index (χ0n) is 18.2. The summed E-state index contributed by atoms with van der Waals surface area (Å²) in [6.07, 6.45) is 14.3. The van der Waals surface area contributed by atoms with Gasteiger partial charge in [-0.3, -0.25) is 4.79 Å². The average molecular weight is 399 g/mol. The molecule has 158 valence electrons. The summed E-state index contributed by atoms with van der Waals surface area (Å²) in [6.45, 7) is 6.03. The van der Waals surface area contributed by atoms with Crippen molar-refractivity contribution in [2.45, 2.75) is 58.0 Å². The second kappa shape index (κ2) is 7.38. The molecule has 4 aliphatic carbocycles. The van der Waals surface area contributed by atoms with Gasteiger partial charge >= 0.3 is 0 Å². The lowest BCUT2D eigenvalue weighted by Crippen LogP contribution is -2.59. The number of aromatic nitrogens is 2. The van der Waals surface area contributed by atoms with Crippen molar-refractivity contribution in [3.05, 3.63) is 24.0 Å². The molecule has 1 amide bonds. The van der Waals surface area contributed by atoms with Crippen molar-refractivity contribution in [1.29, 1.82) is 0 Å². The van der Waals surface area contributed by atoms with E-state index in [1.807, 2.05) is 19.0 Å². The predicted molar refractivity (Wildman–Crippen MR) is 114 cm³/mol. The Kier molecular flexibility index (Phi) is 5.18. The number of ether oxygens (including phenoxy) is 1. The molecule has 0 saturated heterocycles. The fraction of sp³-hybridized carbons (Fsp3) is 0.696. The van der Waals surface area contributed by atoms with Gasteiger partial charge in [0.05, 0.1) is 12.2 Å². The standard InChI is InChI=1S/C23H34N4O2/c1-21-9-18-10-22(2,14-21)16-23(11-18,15-21)29-8-7-24-19(28)6-5-17-12-25-20(26-13-17)27(3)4/h5-6,12-13,18H,7-11,14-16H2,1-4H3,(H,24,28)/b6-5+. The monoisotopic (exact) mass is 398 g/mol. The van der Waals surface area contributed by atoms with E-state index in [0.717, 1.165) is 11.5 Å². The van der Waals surface area contributed by atoms with Gasteiger partial charge in [-0.15, -0.1) is 0 Å². The lowest BCUT2D eigenvalue weighted by atomic mass is 9.43. The van der Waals surface area contributed by atoms with Crippen molar-refractivity contribution in [2.75, 3.05) is 32.1 Å². The molecule has 4 fully saturated rings. The molecule has 0 spiro atoms. The van der Waals surface area contributed by atoms with E-state index in [9.17, 15) is 4.79 Å². The minimum absolute atomic E-state index is 0.0367. The molecular weight excluding hydrogens is 364 g/mol. The van der Waals surface area contributed by atoms with Crippen molar-refractivity contribution in [1.82, 2.24) is 15.3 Å². The number of hydrogen-bond donors (Lipinski definition) is 1. The van der Waals surface area contributed by atoms with E-state index in [4.69, 9.17) is 4.74 Å². The van der Waals surface area contributed by atoms with Crippen molar-refractivity contribution in [3.63, 3.8) is 0 Å². The first-order valence-corrected chi connectivity index (χ1v) is 10.8. The Morgan fingerprint density at radius 3 is 2.41 bits per heavy atom. The Labute approximate surface area is 174 Å². The van der Waals surface area contributed by atoms with Crippen LogP contribution >= 0.6 is 0 Å². The molecule has 4 bridgehead atoms. The third kappa shape index (κ3) is 4.47. The van der Waals surface area contributed by atoms with E-state index >= 15 is 0 Å². The number of nitrogens with zero attached hydrogens (tertiary/aromatic N) is 3. The summed E-state index contributed by atoms with van der Waals surface area (Å²) in [7, 11) is 3.79. The molecule has 5 rings (SSSR count). The van der Waals surface area contributed by atoms with E-state index < -0.39 is 0 Å². The fourth-order valence-corrected chi connectivity index (χ4v) is 6.82. The SMILES string of the molecule is CN(C)c1ncc(/C=C/C(=O)NCCOC23CC4CC(C)(CC(C)(C4)C2)C3)cn1. The van der Waals surface area contributed by atoms with Crippen LogP contribution in [0.2, 0.25) is 0 Å². The van der Waals surface area contributed by atoms with Gasteiger partial charge in [0.15, 0.2) is 0 Å². The molecule has 0 aromatic carbocycles. The quantitative estimate of drug-likeness (QED) is 0.563. The Morgan fingerprint density at radius 2 is 1.83 bits per heavy atom. The maximum absolute atomic E-state index is 12.1. The maximum Gasteiger partial charge on any atom is 0.244 e. The first-order chi connectivity index (χ1) is 13.7. The van der Waals surface area contributed by atoms with E-state index in [2.05, 4.69) is 29.1 Å². The minimum atomic E-state index is -0.116. The van der Waals surface area contributed by atoms with Crippen LogP contribution in [0, 0.1) is 16.7 Å². The zero-order chi connectivity index (χ0) is 20.7. The van der Waals surface area contributed by atoms with Gasteiger partial charge in [0.25, 0.3) is 0 Å². The summed E-state index contributed by atoms with van der Waals surface area (Å²) in [5, 5.41) is 2.93. The minimum Gasteiger partial charge on any atom is -0.373 e. The number of nitrogens with one attached hydrogen (secondary N) is 1. The predicted octanol–water partition coefficient (Wildman–Crippen LogP) is 3.44. The summed E-state index contributed by atoms with van der Waals surface area (Å²) in [6, 6.07) is 0. The number of rotatable bonds is 7. The van der Waals surface area contributed by atoms with Crippen LogP contribution < -0.4 is 10.2 Å². The van der Waals surface area contributed by atoms with Crippen LogP contribution in [0.15, 0.2) is 18.5 Å². The number of anilines is 1. The number of carbonyl (C=O) groups excluding carboxylic acids is 1. The maximum atomic E-state index is 12.1. The highest BCUT2D eigenvalue weighted by Gasteiger charge is 2.60. The third-order valence-electron chi connectivity index (χ3n) is 6.87. The van der Waals surface area contributed by atoms with Crippen molar-refractivity contribution < 1.29 is 9.53 Å². The van der Waals surface area contributed by atoms with E-state index in [1.165, 1.54) is 44.6 Å². The molecule has 1 N–H and O–H groups in total. The van der Waals surface area contributed by atoms with Crippen LogP contribution in [0.25, 0.3) is 6.08 Å². The summed E-state index contributed by atoms with van der Waals surface area (Å²) in [5.41, 5.74) is 1.74. The Balaban J connectivity index is 1.24. The third-order valence-corrected chi connectivity index (χ3v) is 6.87. The number of carbonyl (C=O) groups is 1. The Morgan fingerprint density at radius 1 is 1.17 bits per heavy atom. The van der Waals surface area contributed by atoms with Gasteiger partial charge in [0.1, 0.15) is 0 Å². The molecule has 2 unspecified atom stereocenters. The van der Waals surface area contributed by atoms with Crippen molar-refractivity contribution >= 4 is 17.9 Å². The van der Waals surface area contributed by atoms with Crippen LogP contribution in [0.5, 0.6) is 0 Å². The molecule has 4 aliphatic rings. The normalized spacial score (nSPS) is 35.2. The highest BCUT2D eigenvalue weighted by atomic mass is 16.5. The largest absolute Gasteiger partial charge is 0.373 e. The van der Waals surface area contributed by atoms with Gasteiger partial charge in [0, 0.05) is 44.7 Å². The molecule has 2 atom stereocenters. The van der Waals surface area contributed by atoms with Crippen LogP contribution in [-0.2, 0) is 9.53 Å². The molecule has 0 aliphatic heterocycles. The smallest absolute Gasteiger partial charge is 0.244 e. The van der Waals surface area contributed by atoms with Gasteiger partial charge < -0.3 is 15.0 Å². The van der Waals surface area contributed by atoms with E-state index in [1.54, 1.807) is 18.5 Å². The number of hydrogen-bond acceptors (Lipinski definition) is 5. The van der Waals surface area contributed by atoms with E-state index in [0.29, 0.717) is 29.9 Å². The lowest BCUT2D eigenvalue weighted by Gasteiger charge is -2.65. The zero-order valence-corrected chi connectivity index (χ0v) is 18.2. The molecule has 6 heteroatoms. The Bertz CT molecular complexity index is 771. The number of amides is 1. The molecule has 6 nitrogen and oxygen atoms in total. The molecule has 0 radical (unpaired) electrons. The van der Waals surface area contributed by atoms with Crippen LogP contribution in [-0.4, -0.2) is 48.7 Å². The second-order valence-electron chi connectivity index (χ2n) is 10.5. The molecule has 4 saturated carbocycles. The topological polar surface area (TPSA) is 67.4 Å². The molecule has 1 aromatic rings.